The molecule has 1 saturated heterocycles. The number of carbonyl (C=O) groups is 1. The first-order chi connectivity index (χ1) is 30.2. The molecule has 0 bridgehead atoms. The zero-order valence-electron chi connectivity index (χ0n) is 39.9. The molecule has 0 aromatic carbocycles. The second-order valence-corrected chi connectivity index (χ2v) is 18.6. The van der Waals surface area contributed by atoms with E-state index < -0.39 is 74.2 Å². The van der Waals surface area contributed by atoms with E-state index in [1.54, 1.807) is 0 Å². The average molecular weight is 886 g/mol. The highest BCUT2D eigenvalue weighted by Crippen LogP contribution is 2.23. The quantitative estimate of drug-likeness (QED) is 0.0216. The number of carbonyl (C=O) groups excluding carboxylic acids is 1. The Balaban J connectivity index is 2.33. The molecule has 9 atom stereocenters. The minimum absolute atomic E-state index is 0.258. The Morgan fingerprint density at radius 2 is 0.935 bits per heavy atom. The van der Waals surface area contributed by atoms with Crippen molar-refractivity contribution >= 4 is 5.91 Å². The summed E-state index contributed by atoms with van der Waals surface area (Å²) in [4.78, 5) is 13.1. The van der Waals surface area contributed by atoms with E-state index in [0.717, 1.165) is 44.9 Å². The van der Waals surface area contributed by atoms with Crippen LogP contribution in [0.4, 0.5) is 0 Å². The van der Waals surface area contributed by atoms with Gasteiger partial charge in [0.15, 0.2) is 6.29 Å². The van der Waals surface area contributed by atoms with Gasteiger partial charge in [0, 0.05) is 0 Å². The van der Waals surface area contributed by atoms with Crippen LogP contribution < -0.4 is 5.32 Å². The molecule has 11 heteroatoms. The van der Waals surface area contributed by atoms with Crippen LogP contribution in [0.25, 0.3) is 0 Å². The molecule has 1 fully saturated rings. The molecule has 1 aliphatic heterocycles. The van der Waals surface area contributed by atoms with Crippen LogP contribution in [0, 0.1) is 0 Å². The molecule has 1 aliphatic rings. The third-order valence-electron chi connectivity index (χ3n) is 12.8. The number of hydrogen-bond acceptors (Lipinski definition) is 10. The maximum atomic E-state index is 13.1. The molecule has 0 aromatic heterocycles. The maximum absolute atomic E-state index is 13.1. The Labute approximate surface area is 379 Å². The van der Waals surface area contributed by atoms with Gasteiger partial charge in [-0.25, -0.2) is 0 Å². The highest BCUT2D eigenvalue weighted by atomic mass is 16.7. The summed E-state index contributed by atoms with van der Waals surface area (Å²) < 4.78 is 11.1. The van der Waals surface area contributed by atoms with Crippen LogP contribution in [0.15, 0.2) is 12.2 Å². The summed E-state index contributed by atoms with van der Waals surface area (Å²) in [5.74, 6) is -0.698. The Hall–Kier alpha value is -1.15. The number of aliphatic hydroxyl groups excluding tert-OH is 7. The Kier molecular flexibility index (Phi) is 39.2. The molecule has 0 saturated carbocycles. The topological polar surface area (TPSA) is 189 Å². The third kappa shape index (κ3) is 30.1. The Morgan fingerprint density at radius 1 is 0.548 bits per heavy atom. The number of nitrogens with one attached hydrogen (secondary N) is 1. The van der Waals surface area contributed by atoms with Gasteiger partial charge in [-0.2, -0.15) is 0 Å². The summed E-state index contributed by atoms with van der Waals surface area (Å²) in [6, 6.07) is -1.17. The molecule has 1 heterocycles. The van der Waals surface area contributed by atoms with Crippen LogP contribution in [-0.4, -0.2) is 110 Å². The van der Waals surface area contributed by atoms with Gasteiger partial charge in [-0.3, -0.25) is 4.79 Å². The van der Waals surface area contributed by atoms with Gasteiger partial charge in [-0.05, 0) is 38.5 Å². The van der Waals surface area contributed by atoms with Gasteiger partial charge in [-0.1, -0.05) is 212 Å². The maximum Gasteiger partial charge on any atom is 0.249 e. The lowest BCUT2D eigenvalue weighted by atomic mass is 9.98. The van der Waals surface area contributed by atoms with Crippen molar-refractivity contribution in [2.75, 3.05) is 13.2 Å². The van der Waals surface area contributed by atoms with Gasteiger partial charge in [0.05, 0.1) is 25.4 Å². The van der Waals surface area contributed by atoms with E-state index in [0.29, 0.717) is 19.3 Å². The van der Waals surface area contributed by atoms with Crippen molar-refractivity contribution < 1.29 is 50.0 Å². The summed E-state index contributed by atoms with van der Waals surface area (Å²) in [6.45, 7) is 3.45. The van der Waals surface area contributed by atoms with E-state index in [9.17, 15) is 40.5 Å². The first kappa shape index (κ1) is 58.9. The van der Waals surface area contributed by atoms with Gasteiger partial charge in [-0.15, -0.1) is 0 Å². The fraction of sp³-hybridized carbons (Fsp3) is 0.941. The van der Waals surface area contributed by atoms with Crippen molar-refractivity contribution in [3.8, 4) is 0 Å². The molecular formula is C51H99NO10. The lowest BCUT2D eigenvalue weighted by Crippen LogP contribution is -2.60. The monoisotopic (exact) mass is 886 g/mol. The minimum atomic E-state index is -1.66. The zero-order chi connectivity index (χ0) is 45.5. The van der Waals surface area contributed by atoms with Crippen LogP contribution in [0.3, 0.4) is 0 Å². The van der Waals surface area contributed by atoms with Gasteiger partial charge in [0.25, 0.3) is 0 Å². The highest BCUT2D eigenvalue weighted by Gasteiger charge is 2.44. The lowest BCUT2D eigenvalue weighted by molar-refractivity contribution is -0.303. The van der Waals surface area contributed by atoms with Crippen LogP contribution in [0.1, 0.15) is 239 Å². The lowest BCUT2D eigenvalue weighted by Gasteiger charge is -2.40. The van der Waals surface area contributed by atoms with Crippen molar-refractivity contribution in [2.45, 2.75) is 294 Å². The number of aliphatic hydroxyl groups is 7. The molecule has 11 nitrogen and oxygen atoms in total. The van der Waals surface area contributed by atoms with Gasteiger partial charge < -0.3 is 50.5 Å². The minimum Gasteiger partial charge on any atom is -0.394 e. The molecular weight excluding hydrogens is 787 g/mol. The van der Waals surface area contributed by atoms with Gasteiger partial charge >= 0.3 is 0 Å². The van der Waals surface area contributed by atoms with Crippen LogP contribution in [0.2, 0.25) is 0 Å². The number of allylic oxidation sites excluding steroid dienone is 2. The Morgan fingerprint density at radius 3 is 1.35 bits per heavy atom. The Bertz CT molecular complexity index is 1020. The van der Waals surface area contributed by atoms with Crippen LogP contribution in [0.5, 0.6) is 0 Å². The summed E-state index contributed by atoms with van der Waals surface area (Å²) in [6.07, 6.45) is 34.1. The number of rotatable bonds is 44. The predicted molar refractivity (Wildman–Crippen MR) is 252 cm³/mol. The summed E-state index contributed by atoms with van der Waals surface area (Å²) in [7, 11) is 0. The normalized spacial score (nSPS) is 21.3. The van der Waals surface area contributed by atoms with E-state index in [2.05, 4.69) is 31.3 Å². The van der Waals surface area contributed by atoms with E-state index in [1.807, 2.05) is 0 Å². The fourth-order valence-corrected chi connectivity index (χ4v) is 8.50. The van der Waals surface area contributed by atoms with Crippen LogP contribution >= 0.6 is 0 Å². The molecule has 0 aliphatic carbocycles. The molecule has 1 amide bonds. The first-order valence-electron chi connectivity index (χ1n) is 26.1. The molecule has 8 N–H and O–H groups in total. The van der Waals surface area contributed by atoms with Gasteiger partial charge in [0.1, 0.15) is 36.6 Å². The van der Waals surface area contributed by atoms with Crippen molar-refractivity contribution in [3.05, 3.63) is 12.2 Å². The predicted octanol–water partition coefficient (Wildman–Crippen LogP) is 9.62. The van der Waals surface area contributed by atoms with E-state index in [-0.39, 0.29) is 6.42 Å². The zero-order valence-corrected chi connectivity index (χ0v) is 39.9. The summed E-state index contributed by atoms with van der Waals surface area (Å²) in [5.41, 5.74) is 0. The van der Waals surface area contributed by atoms with Crippen molar-refractivity contribution in [3.63, 3.8) is 0 Å². The first-order valence-corrected chi connectivity index (χ1v) is 26.1. The molecule has 9 unspecified atom stereocenters. The smallest absolute Gasteiger partial charge is 0.249 e. The molecule has 0 aromatic rings. The molecule has 1 rings (SSSR count). The third-order valence-corrected chi connectivity index (χ3v) is 12.8. The largest absolute Gasteiger partial charge is 0.394 e. The number of unbranched alkanes of at least 4 members (excludes halogenated alkanes) is 30. The van der Waals surface area contributed by atoms with E-state index >= 15 is 0 Å². The van der Waals surface area contributed by atoms with E-state index in [4.69, 9.17) is 9.47 Å². The average Bonchev–Trinajstić information content (AvgIpc) is 3.27. The van der Waals surface area contributed by atoms with Crippen molar-refractivity contribution in [1.82, 2.24) is 5.32 Å². The number of amides is 1. The summed E-state index contributed by atoms with van der Waals surface area (Å²) in [5, 5.41) is 75.8. The number of ether oxygens (including phenoxy) is 2. The SMILES string of the molecule is CCCCCCCCCCCCCC/C=C\CCCCCCCCCC(O)C(=O)NC(COC1OC(CO)C(O)C(O)C1O)C(O)C(O)CCCCCCCCCCCCCC. The second kappa shape index (κ2) is 41.3. The van der Waals surface area contributed by atoms with E-state index in [1.165, 1.54) is 154 Å². The van der Waals surface area contributed by atoms with Crippen molar-refractivity contribution in [1.29, 1.82) is 0 Å². The fourth-order valence-electron chi connectivity index (χ4n) is 8.50. The highest BCUT2D eigenvalue weighted by molar-refractivity contribution is 5.80. The molecule has 368 valence electrons. The summed E-state index contributed by atoms with van der Waals surface area (Å²) >= 11 is 0. The number of hydrogen-bond donors (Lipinski definition) is 8. The van der Waals surface area contributed by atoms with Crippen LogP contribution in [-0.2, 0) is 14.3 Å². The molecule has 0 spiro atoms. The van der Waals surface area contributed by atoms with Gasteiger partial charge in [0.2, 0.25) is 5.91 Å². The second-order valence-electron chi connectivity index (χ2n) is 18.6. The molecule has 0 radical (unpaired) electrons. The molecule has 62 heavy (non-hydrogen) atoms. The van der Waals surface area contributed by atoms with Crippen molar-refractivity contribution in [2.24, 2.45) is 0 Å². The standard InChI is InChI=1S/C51H99NO10/c1-3-5-7-9-11-13-15-17-18-19-20-21-22-23-24-25-26-27-29-31-33-35-37-39-44(55)50(60)52-42(41-61-51-49(59)48(58)47(57)45(40-53)62-51)46(56)43(54)38-36-34-32-30-28-16-14-12-10-8-6-4-2/h23-24,42-49,51,53-59H,3-22,25-41H2,1-2H3,(H,52,60)/b24-23-.